The van der Waals surface area contributed by atoms with Gasteiger partial charge in [-0.2, -0.15) is 0 Å². The zero-order valence-corrected chi connectivity index (χ0v) is 8.52. The summed E-state index contributed by atoms with van der Waals surface area (Å²) in [6, 6.07) is 0. The van der Waals surface area contributed by atoms with E-state index in [4.69, 9.17) is 9.47 Å². The van der Waals surface area contributed by atoms with Crippen molar-refractivity contribution in [2.45, 2.75) is 57.9 Å². The van der Waals surface area contributed by atoms with Crippen LogP contribution < -0.4 is 0 Å². The van der Waals surface area contributed by atoms with Gasteiger partial charge in [-0.05, 0) is 27.7 Å². The predicted molar refractivity (Wildman–Crippen MR) is 47.2 cm³/mol. The molecule has 4 atom stereocenters. The standard InChI is InChI=1S/C9H18O4/c1-5(10)7-8(6(2)11)13-9(3,4)12-7/h5-8,10-11H,1-4H3/t5-,6+,7+,8-. The van der Waals surface area contributed by atoms with Crippen molar-refractivity contribution < 1.29 is 19.7 Å². The minimum Gasteiger partial charge on any atom is -0.391 e. The summed E-state index contributed by atoms with van der Waals surface area (Å²) in [5.74, 6) is -0.719. The molecule has 0 unspecified atom stereocenters. The van der Waals surface area contributed by atoms with Gasteiger partial charge >= 0.3 is 0 Å². The maximum Gasteiger partial charge on any atom is 0.164 e. The first kappa shape index (κ1) is 10.9. The minimum absolute atomic E-state index is 0.449. The van der Waals surface area contributed by atoms with E-state index in [1.165, 1.54) is 0 Å². The number of hydrogen-bond donors (Lipinski definition) is 2. The van der Waals surface area contributed by atoms with Crippen LogP contribution in [0.25, 0.3) is 0 Å². The second-order valence-corrected chi connectivity index (χ2v) is 4.05. The number of aliphatic hydroxyl groups excluding tert-OH is 2. The van der Waals surface area contributed by atoms with Gasteiger partial charge < -0.3 is 19.7 Å². The predicted octanol–water partition coefficient (Wildman–Crippen LogP) is 0.268. The second-order valence-electron chi connectivity index (χ2n) is 4.05. The number of rotatable bonds is 2. The fraction of sp³-hybridized carbons (Fsp3) is 1.00. The molecule has 4 heteroatoms. The van der Waals surface area contributed by atoms with Crippen LogP contribution in [-0.2, 0) is 9.47 Å². The van der Waals surface area contributed by atoms with Crippen molar-refractivity contribution >= 4 is 0 Å². The Bertz CT molecular complexity index is 158. The van der Waals surface area contributed by atoms with Crippen LogP contribution in [0.1, 0.15) is 27.7 Å². The van der Waals surface area contributed by atoms with Crippen LogP contribution in [0.4, 0.5) is 0 Å². The van der Waals surface area contributed by atoms with E-state index in [1.807, 2.05) is 0 Å². The van der Waals surface area contributed by atoms with Crippen molar-refractivity contribution in [1.29, 1.82) is 0 Å². The van der Waals surface area contributed by atoms with Crippen LogP contribution in [0.2, 0.25) is 0 Å². The molecule has 0 amide bonds. The third-order valence-corrected chi connectivity index (χ3v) is 2.11. The summed E-state index contributed by atoms with van der Waals surface area (Å²) < 4.78 is 10.9. The van der Waals surface area contributed by atoms with Crippen molar-refractivity contribution in [2.75, 3.05) is 0 Å². The molecule has 1 saturated heterocycles. The molecule has 2 N–H and O–H groups in total. The van der Waals surface area contributed by atoms with Gasteiger partial charge in [0.2, 0.25) is 0 Å². The molecule has 0 aliphatic carbocycles. The highest BCUT2D eigenvalue weighted by Crippen LogP contribution is 2.31. The number of ether oxygens (including phenoxy) is 2. The van der Waals surface area contributed by atoms with E-state index in [-0.39, 0.29) is 0 Å². The Balaban J connectivity index is 2.71. The van der Waals surface area contributed by atoms with Gasteiger partial charge in [0.25, 0.3) is 0 Å². The molecule has 0 radical (unpaired) electrons. The third kappa shape index (κ3) is 2.40. The first-order valence-electron chi connectivity index (χ1n) is 4.55. The Morgan fingerprint density at radius 2 is 1.31 bits per heavy atom. The van der Waals surface area contributed by atoms with Crippen LogP contribution in [-0.4, -0.2) is 40.4 Å². The molecule has 1 fully saturated rings. The second kappa shape index (κ2) is 3.53. The van der Waals surface area contributed by atoms with E-state index in [2.05, 4.69) is 0 Å². The largest absolute Gasteiger partial charge is 0.391 e. The van der Waals surface area contributed by atoms with Gasteiger partial charge in [0, 0.05) is 0 Å². The Labute approximate surface area is 78.5 Å². The molecule has 1 aliphatic rings. The molecule has 4 nitrogen and oxygen atoms in total. The average Bonchev–Trinajstić information content (AvgIpc) is 2.26. The van der Waals surface area contributed by atoms with Crippen molar-refractivity contribution in [3.8, 4) is 0 Å². The van der Waals surface area contributed by atoms with E-state index in [0.29, 0.717) is 0 Å². The summed E-state index contributed by atoms with van der Waals surface area (Å²) in [7, 11) is 0. The van der Waals surface area contributed by atoms with Crippen LogP contribution in [0.5, 0.6) is 0 Å². The molecular formula is C9H18O4. The van der Waals surface area contributed by atoms with Crippen LogP contribution >= 0.6 is 0 Å². The minimum atomic E-state index is -0.719. The van der Waals surface area contributed by atoms with Gasteiger partial charge in [0.05, 0.1) is 12.2 Å². The van der Waals surface area contributed by atoms with Gasteiger partial charge in [-0.1, -0.05) is 0 Å². The maximum atomic E-state index is 9.39. The summed E-state index contributed by atoms with van der Waals surface area (Å²) in [5, 5.41) is 18.8. The van der Waals surface area contributed by atoms with Gasteiger partial charge in [0.1, 0.15) is 12.2 Å². The smallest absolute Gasteiger partial charge is 0.164 e. The van der Waals surface area contributed by atoms with Crippen molar-refractivity contribution in [2.24, 2.45) is 0 Å². The quantitative estimate of drug-likeness (QED) is 0.656. The SMILES string of the molecule is C[C@H](O)[C@H]1OC(C)(C)O[C@H]1[C@@H](C)O. The normalized spacial score (nSPS) is 37.4. The molecule has 0 bridgehead atoms. The van der Waals surface area contributed by atoms with Crippen LogP contribution in [0, 0.1) is 0 Å². The van der Waals surface area contributed by atoms with Gasteiger partial charge in [-0.3, -0.25) is 0 Å². The topological polar surface area (TPSA) is 58.9 Å². The molecule has 13 heavy (non-hydrogen) atoms. The molecule has 1 heterocycles. The third-order valence-electron chi connectivity index (χ3n) is 2.11. The van der Waals surface area contributed by atoms with Crippen LogP contribution in [0.3, 0.4) is 0 Å². The summed E-state index contributed by atoms with van der Waals surface area (Å²) >= 11 is 0. The number of hydrogen-bond acceptors (Lipinski definition) is 4. The van der Waals surface area contributed by atoms with E-state index >= 15 is 0 Å². The molecule has 1 aliphatic heterocycles. The average molecular weight is 190 g/mol. The first-order valence-corrected chi connectivity index (χ1v) is 4.55. The summed E-state index contributed by atoms with van der Waals surface area (Å²) in [5.41, 5.74) is 0. The molecule has 0 aromatic heterocycles. The summed E-state index contributed by atoms with van der Waals surface area (Å²) in [6.07, 6.45) is -2.17. The van der Waals surface area contributed by atoms with Gasteiger partial charge in [0.15, 0.2) is 5.79 Å². The lowest BCUT2D eigenvalue weighted by atomic mass is 10.1. The Morgan fingerprint density at radius 3 is 1.54 bits per heavy atom. The van der Waals surface area contributed by atoms with E-state index in [1.54, 1.807) is 27.7 Å². The molecular weight excluding hydrogens is 172 g/mol. The molecule has 0 aromatic carbocycles. The lowest BCUT2D eigenvalue weighted by Gasteiger charge is -2.20. The summed E-state index contributed by atoms with van der Waals surface area (Å²) in [4.78, 5) is 0. The highest BCUT2D eigenvalue weighted by atomic mass is 16.8. The van der Waals surface area contributed by atoms with Gasteiger partial charge in [-0.25, -0.2) is 0 Å². The lowest BCUT2D eigenvalue weighted by molar-refractivity contribution is -0.159. The lowest BCUT2D eigenvalue weighted by Crippen LogP contribution is -2.39. The van der Waals surface area contributed by atoms with E-state index in [9.17, 15) is 10.2 Å². The molecule has 78 valence electrons. The van der Waals surface area contributed by atoms with Crippen molar-refractivity contribution in [1.82, 2.24) is 0 Å². The molecule has 0 aromatic rings. The molecule has 1 rings (SSSR count). The maximum absolute atomic E-state index is 9.39. The zero-order valence-electron chi connectivity index (χ0n) is 8.52. The fourth-order valence-electron chi connectivity index (χ4n) is 1.56. The number of aliphatic hydroxyl groups is 2. The summed E-state index contributed by atoms with van der Waals surface area (Å²) in [6.45, 7) is 6.80. The highest BCUT2D eigenvalue weighted by Gasteiger charge is 2.45. The first-order chi connectivity index (χ1) is 5.83. The van der Waals surface area contributed by atoms with Crippen molar-refractivity contribution in [3.63, 3.8) is 0 Å². The molecule has 0 saturated carbocycles. The van der Waals surface area contributed by atoms with Crippen LogP contribution in [0.15, 0.2) is 0 Å². The monoisotopic (exact) mass is 190 g/mol. The fourth-order valence-corrected chi connectivity index (χ4v) is 1.56. The van der Waals surface area contributed by atoms with E-state index < -0.39 is 30.2 Å². The highest BCUT2D eigenvalue weighted by molar-refractivity contribution is 4.87. The Morgan fingerprint density at radius 1 is 1.00 bits per heavy atom. The zero-order chi connectivity index (χ0) is 10.2. The van der Waals surface area contributed by atoms with Gasteiger partial charge in [-0.15, -0.1) is 0 Å². The van der Waals surface area contributed by atoms with E-state index in [0.717, 1.165) is 0 Å². The Kier molecular flexibility index (Phi) is 2.97. The molecule has 0 spiro atoms. The Hall–Kier alpha value is -0.160. The van der Waals surface area contributed by atoms with Crippen molar-refractivity contribution in [3.05, 3.63) is 0 Å².